The van der Waals surface area contributed by atoms with Crippen molar-refractivity contribution in [2.24, 2.45) is 4.99 Å². The van der Waals surface area contributed by atoms with Gasteiger partial charge in [0.2, 0.25) is 5.88 Å². The number of rotatable bonds is 2. The van der Waals surface area contributed by atoms with E-state index in [9.17, 15) is 0 Å². The number of fused-ring (bicyclic) bond motifs is 1. The number of aliphatic hydroxyl groups excluding tert-OH is 1. The molecule has 0 aliphatic rings. The second-order valence-corrected chi connectivity index (χ2v) is 2.85. The zero-order valence-corrected chi connectivity index (χ0v) is 7.47. The molecule has 1 aromatic carbocycles. The van der Waals surface area contributed by atoms with Crippen molar-refractivity contribution in [3.63, 3.8) is 0 Å². The Morgan fingerprint density at radius 3 is 2.93 bits per heavy atom. The van der Waals surface area contributed by atoms with Crippen molar-refractivity contribution in [3.8, 4) is 0 Å². The summed E-state index contributed by atoms with van der Waals surface area (Å²) in [5.41, 5.74) is 0.788. The first-order valence-electron chi connectivity index (χ1n) is 4.15. The van der Waals surface area contributed by atoms with E-state index in [0.29, 0.717) is 5.76 Å². The minimum absolute atomic E-state index is 0.149. The molecule has 3 heteroatoms. The zero-order valence-electron chi connectivity index (χ0n) is 7.47. The van der Waals surface area contributed by atoms with Gasteiger partial charge in [-0.1, -0.05) is 18.2 Å². The van der Waals surface area contributed by atoms with E-state index in [1.165, 1.54) is 6.08 Å². The molecule has 0 aliphatic carbocycles. The van der Waals surface area contributed by atoms with Crippen LogP contribution >= 0.6 is 0 Å². The molecule has 0 saturated heterocycles. The number of para-hydroxylation sites is 1. The van der Waals surface area contributed by atoms with Crippen LogP contribution in [0.3, 0.4) is 0 Å². The van der Waals surface area contributed by atoms with Gasteiger partial charge in [-0.15, -0.1) is 0 Å². The molecular weight excluding hydrogens is 178 g/mol. The van der Waals surface area contributed by atoms with Crippen molar-refractivity contribution in [2.45, 2.75) is 0 Å². The third kappa shape index (κ3) is 1.52. The lowest BCUT2D eigenvalue weighted by Gasteiger charge is -1.86. The van der Waals surface area contributed by atoms with E-state index in [0.717, 1.165) is 11.0 Å². The molecule has 14 heavy (non-hydrogen) atoms. The van der Waals surface area contributed by atoms with Crippen LogP contribution in [-0.4, -0.2) is 11.8 Å². The molecule has 0 atom stereocenters. The molecule has 0 radical (unpaired) electrons. The molecular formula is C11H9NO2. The fourth-order valence-corrected chi connectivity index (χ4v) is 1.25. The predicted molar refractivity (Wildman–Crippen MR) is 56.4 cm³/mol. The average molecular weight is 187 g/mol. The molecule has 70 valence electrons. The first-order chi connectivity index (χ1) is 6.79. The molecule has 0 spiro atoms. The van der Waals surface area contributed by atoms with Gasteiger partial charge in [0.1, 0.15) is 11.3 Å². The Bertz CT molecular complexity index is 464. The predicted octanol–water partition coefficient (Wildman–Crippen LogP) is 2.99. The summed E-state index contributed by atoms with van der Waals surface area (Å²) >= 11 is 0. The van der Waals surface area contributed by atoms with Crippen LogP contribution < -0.4 is 0 Å². The lowest BCUT2D eigenvalue weighted by atomic mass is 10.2. The van der Waals surface area contributed by atoms with Crippen LogP contribution in [0.4, 0.5) is 0 Å². The van der Waals surface area contributed by atoms with Crippen molar-refractivity contribution >= 4 is 23.8 Å². The van der Waals surface area contributed by atoms with Gasteiger partial charge in [0.05, 0.1) is 0 Å². The lowest BCUT2D eigenvalue weighted by molar-refractivity contribution is 0.412. The van der Waals surface area contributed by atoms with Gasteiger partial charge in [-0.25, -0.2) is 4.99 Å². The number of furan rings is 1. The Hall–Kier alpha value is -2.03. The second kappa shape index (κ2) is 3.38. The minimum atomic E-state index is -0.149. The molecule has 0 amide bonds. The van der Waals surface area contributed by atoms with Crippen molar-refractivity contribution in [1.82, 2.24) is 0 Å². The van der Waals surface area contributed by atoms with E-state index in [1.54, 1.807) is 0 Å². The summed E-state index contributed by atoms with van der Waals surface area (Å²) in [4.78, 5) is 3.36. The van der Waals surface area contributed by atoms with Gasteiger partial charge < -0.3 is 9.52 Å². The number of hydrogen-bond donors (Lipinski definition) is 1. The summed E-state index contributed by atoms with van der Waals surface area (Å²) in [7, 11) is 0. The minimum Gasteiger partial charge on any atom is -0.493 e. The van der Waals surface area contributed by atoms with Crippen LogP contribution in [0.5, 0.6) is 0 Å². The molecule has 1 N–H and O–H groups in total. The largest absolute Gasteiger partial charge is 0.493 e. The highest BCUT2D eigenvalue weighted by Crippen LogP contribution is 2.20. The molecule has 2 rings (SSSR count). The van der Waals surface area contributed by atoms with Crippen molar-refractivity contribution in [1.29, 1.82) is 0 Å². The fourth-order valence-electron chi connectivity index (χ4n) is 1.25. The van der Waals surface area contributed by atoms with E-state index in [2.05, 4.69) is 11.7 Å². The standard InChI is InChI=1S/C11H9NO2/c1-12-11(13)7-9-6-8-4-2-3-5-10(8)14-9/h2-7,13H,1H2. The van der Waals surface area contributed by atoms with E-state index in [-0.39, 0.29) is 5.88 Å². The topological polar surface area (TPSA) is 45.7 Å². The van der Waals surface area contributed by atoms with Crippen molar-refractivity contribution in [3.05, 3.63) is 42.0 Å². The Morgan fingerprint density at radius 1 is 1.43 bits per heavy atom. The molecule has 0 bridgehead atoms. The summed E-state index contributed by atoms with van der Waals surface area (Å²) in [6, 6.07) is 9.46. The van der Waals surface area contributed by atoms with Crippen molar-refractivity contribution in [2.75, 3.05) is 0 Å². The molecule has 0 saturated carbocycles. The number of aliphatic hydroxyl groups is 1. The lowest BCUT2D eigenvalue weighted by Crippen LogP contribution is -1.71. The van der Waals surface area contributed by atoms with Gasteiger partial charge in [-0.2, -0.15) is 0 Å². The second-order valence-electron chi connectivity index (χ2n) is 2.85. The smallest absolute Gasteiger partial charge is 0.213 e. The normalized spacial score (nSPS) is 11.9. The molecule has 2 aromatic rings. The van der Waals surface area contributed by atoms with E-state index < -0.39 is 0 Å². The highest BCUT2D eigenvalue weighted by molar-refractivity contribution is 5.79. The van der Waals surface area contributed by atoms with Crippen LogP contribution in [0.2, 0.25) is 0 Å². The number of benzene rings is 1. The van der Waals surface area contributed by atoms with Gasteiger partial charge in [0.15, 0.2) is 0 Å². The molecule has 3 nitrogen and oxygen atoms in total. The first kappa shape index (κ1) is 8.56. The van der Waals surface area contributed by atoms with Crippen LogP contribution in [0, 0.1) is 0 Å². The first-order valence-corrected chi connectivity index (χ1v) is 4.15. The Labute approximate surface area is 81.0 Å². The van der Waals surface area contributed by atoms with Gasteiger partial charge in [-0.05, 0) is 18.9 Å². The van der Waals surface area contributed by atoms with Gasteiger partial charge in [0, 0.05) is 11.5 Å². The van der Waals surface area contributed by atoms with Crippen LogP contribution in [0.25, 0.3) is 17.0 Å². The quantitative estimate of drug-likeness (QED) is 0.580. The van der Waals surface area contributed by atoms with Gasteiger partial charge in [0.25, 0.3) is 0 Å². The molecule has 0 unspecified atom stereocenters. The molecule has 0 aliphatic heterocycles. The number of aliphatic imine (C=N–C) groups is 1. The Kier molecular flexibility index (Phi) is 2.07. The maximum Gasteiger partial charge on any atom is 0.213 e. The summed E-state index contributed by atoms with van der Waals surface area (Å²) in [6.07, 6.45) is 1.42. The number of hydrogen-bond acceptors (Lipinski definition) is 3. The highest BCUT2D eigenvalue weighted by Gasteiger charge is 2.00. The Balaban J connectivity index is 2.50. The van der Waals surface area contributed by atoms with E-state index in [1.807, 2.05) is 30.3 Å². The highest BCUT2D eigenvalue weighted by atomic mass is 16.3. The van der Waals surface area contributed by atoms with Crippen molar-refractivity contribution < 1.29 is 9.52 Å². The SMILES string of the molecule is C=NC(O)=Cc1cc2ccccc2o1. The van der Waals surface area contributed by atoms with Gasteiger partial charge >= 0.3 is 0 Å². The summed E-state index contributed by atoms with van der Waals surface area (Å²) < 4.78 is 5.42. The van der Waals surface area contributed by atoms with Crippen LogP contribution in [0.15, 0.2) is 45.6 Å². The zero-order chi connectivity index (χ0) is 9.97. The molecule has 0 fully saturated rings. The maximum absolute atomic E-state index is 9.11. The summed E-state index contributed by atoms with van der Waals surface area (Å²) in [5.74, 6) is 0.417. The van der Waals surface area contributed by atoms with Crippen LogP contribution in [-0.2, 0) is 0 Å². The third-order valence-corrected chi connectivity index (χ3v) is 1.88. The van der Waals surface area contributed by atoms with E-state index in [4.69, 9.17) is 9.52 Å². The number of nitrogens with zero attached hydrogens (tertiary/aromatic N) is 1. The average Bonchev–Trinajstić information content (AvgIpc) is 2.59. The maximum atomic E-state index is 9.11. The van der Waals surface area contributed by atoms with Gasteiger partial charge in [-0.3, -0.25) is 0 Å². The summed E-state index contributed by atoms with van der Waals surface area (Å²) in [5, 5.41) is 10.1. The monoisotopic (exact) mass is 187 g/mol. The molecule has 1 aromatic heterocycles. The Morgan fingerprint density at radius 2 is 2.21 bits per heavy atom. The van der Waals surface area contributed by atoms with Crippen LogP contribution in [0.1, 0.15) is 5.76 Å². The molecule has 1 heterocycles. The summed E-state index contributed by atoms with van der Waals surface area (Å²) in [6.45, 7) is 3.20. The van der Waals surface area contributed by atoms with E-state index >= 15 is 0 Å². The fraction of sp³-hybridized carbons (Fsp3) is 0. The third-order valence-electron chi connectivity index (χ3n) is 1.88.